The van der Waals surface area contributed by atoms with Crippen LogP contribution in [-0.2, 0) is 14.3 Å². The Bertz CT molecular complexity index is 390. The van der Waals surface area contributed by atoms with Crippen molar-refractivity contribution in [3.05, 3.63) is 0 Å². The van der Waals surface area contributed by atoms with E-state index in [0.29, 0.717) is 13.0 Å². The quantitative estimate of drug-likeness (QED) is 0.832. The minimum atomic E-state index is -1.33. The van der Waals surface area contributed by atoms with Crippen molar-refractivity contribution in [2.45, 2.75) is 70.6 Å². The van der Waals surface area contributed by atoms with E-state index in [1.165, 1.54) is 0 Å². The monoisotopic (exact) mass is 287 g/mol. The molecule has 1 heterocycles. The van der Waals surface area contributed by atoms with Gasteiger partial charge in [0.1, 0.15) is 11.1 Å². The molecule has 1 fully saturated rings. The van der Waals surface area contributed by atoms with Crippen molar-refractivity contribution in [2.24, 2.45) is 0 Å². The first-order valence-corrected chi connectivity index (χ1v) is 6.90. The predicted octanol–water partition coefficient (Wildman–Crippen LogP) is 2.31. The Morgan fingerprint density at radius 2 is 2.00 bits per heavy atom. The highest BCUT2D eigenvalue weighted by molar-refractivity contribution is 5.84. The van der Waals surface area contributed by atoms with Crippen LogP contribution in [0.4, 0.5) is 4.79 Å². The zero-order valence-corrected chi connectivity index (χ0v) is 12.9. The Hall–Kier alpha value is -1.30. The lowest BCUT2D eigenvalue weighted by Gasteiger charge is -2.43. The average Bonchev–Trinajstić information content (AvgIpc) is 2.26. The molecule has 1 amide bonds. The molecule has 2 atom stereocenters. The molecule has 0 aliphatic carbocycles. The zero-order chi connectivity index (χ0) is 15.6. The second-order valence-corrected chi connectivity index (χ2v) is 6.59. The van der Waals surface area contributed by atoms with Crippen LogP contribution in [0.15, 0.2) is 0 Å². The van der Waals surface area contributed by atoms with Gasteiger partial charge >= 0.3 is 12.1 Å². The third kappa shape index (κ3) is 4.10. The normalized spacial score (nSPS) is 30.6. The summed E-state index contributed by atoms with van der Waals surface area (Å²) in [5.41, 5.74) is -2.54. The Morgan fingerprint density at radius 1 is 1.40 bits per heavy atom. The minimum absolute atomic E-state index is 0.227. The summed E-state index contributed by atoms with van der Waals surface area (Å²) in [6.45, 7) is 9.30. The van der Waals surface area contributed by atoms with Gasteiger partial charge in [-0.15, -0.1) is 0 Å². The summed E-state index contributed by atoms with van der Waals surface area (Å²) >= 11 is 0. The summed E-state index contributed by atoms with van der Waals surface area (Å²) in [7, 11) is 0. The molecule has 6 nitrogen and oxygen atoms in total. The minimum Gasteiger partial charge on any atom is -0.479 e. The van der Waals surface area contributed by atoms with Crippen molar-refractivity contribution >= 4 is 12.1 Å². The molecule has 116 valence electrons. The summed E-state index contributed by atoms with van der Waals surface area (Å²) in [6.07, 6.45) is 0.431. The SMILES string of the molecule is CCC1(C)CC(NC(=O)OC(C)(C)C)(C(=O)O)CCO1. The van der Waals surface area contributed by atoms with E-state index < -0.39 is 28.8 Å². The van der Waals surface area contributed by atoms with E-state index in [0.717, 1.165) is 0 Å². The van der Waals surface area contributed by atoms with Crippen molar-refractivity contribution in [1.82, 2.24) is 5.32 Å². The van der Waals surface area contributed by atoms with E-state index in [2.05, 4.69) is 5.32 Å². The van der Waals surface area contributed by atoms with Crippen LogP contribution in [0, 0.1) is 0 Å². The van der Waals surface area contributed by atoms with Crippen molar-refractivity contribution in [3.63, 3.8) is 0 Å². The van der Waals surface area contributed by atoms with Gasteiger partial charge in [0.15, 0.2) is 0 Å². The van der Waals surface area contributed by atoms with Gasteiger partial charge in [-0.05, 0) is 34.1 Å². The lowest BCUT2D eigenvalue weighted by Crippen LogP contribution is -2.62. The highest BCUT2D eigenvalue weighted by Gasteiger charge is 2.49. The fourth-order valence-corrected chi connectivity index (χ4v) is 2.32. The van der Waals surface area contributed by atoms with Gasteiger partial charge in [0.25, 0.3) is 0 Å². The predicted molar refractivity (Wildman–Crippen MR) is 73.6 cm³/mol. The maximum absolute atomic E-state index is 11.9. The summed E-state index contributed by atoms with van der Waals surface area (Å²) in [6, 6.07) is 0. The number of alkyl carbamates (subject to hydrolysis) is 1. The van der Waals surface area contributed by atoms with Gasteiger partial charge in [-0.25, -0.2) is 9.59 Å². The first-order chi connectivity index (χ1) is 9.02. The summed E-state index contributed by atoms with van der Waals surface area (Å²) in [5.74, 6) is -1.05. The number of carbonyl (C=O) groups is 2. The molecule has 2 unspecified atom stereocenters. The van der Waals surface area contributed by atoms with Crippen LogP contribution in [-0.4, -0.2) is 40.5 Å². The third-order valence-corrected chi connectivity index (χ3v) is 3.55. The van der Waals surface area contributed by atoms with Gasteiger partial charge in [0.05, 0.1) is 12.2 Å². The molecule has 20 heavy (non-hydrogen) atoms. The second kappa shape index (κ2) is 5.60. The number of carboxylic acid groups (broad SMARTS) is 1. The molecule has 6 heteroatoms. The van der Waals surface area contributed by atoms with Crippen LogP contribution in [0.5, 0.6) is 0 Å². The number of ether oxygens (including phenoxy) is 2. The van der Waals surface area contributed by atoms with Crippen molar-refractivity contribution < 1.29 is 24.2 Å². The number of hydrogen-bond donors (Lipinski definition) is 2. The van der Waals surface area contributed by atoms with Crippen molar-refractivity contribution in [2.75, 3.05) is 6.61 Å². The largest absolute Gasteiger partial charge is 0.479 e. The Kier molecular flexibility index (Phi) is 4.69. The highest BCUT2D eigenvalue weighted by Crippen LogP contribution is 2.35. The number of nitrogens with one attached hydrogen (secondary N) is 1. The molecular formula is C14H25NO5. The van der Waals surface area contributed by atoms with Crippen molar-refractivity contribution in [1.29, 1.82) is 0 Å². The molecule has 0 aromatic rings. The van der Waals surface area contributed by atoms with Crippen LogP contribution < -0.4 is 5.32 Å². The number of aliphatic carboxylic acids is 1. The Morgan fingerprint density at radius 3 is 2.45 bits per heavy atom. The molecule has 1 rings (SSSR count). The molecule has 0 radical (unpaired) electrons. The molecule has 1 aliphatic rings. The average molecular weight is 287 g/mol. The van der Waals surface area contributed by atoms with Crippen LogP contribution in [0.25, 0.3) is 0 Å². The molecular weight excluding hydrogens is 262 g/mol. The van der Waals surface area contributed by atoms with E-state index in [1.807, 2.05) is 13.8 Å². The van der Waals surface area contributed by atoms with Gasteiger partial charge in [-0.3, -0.25) is 0 Å². The van der Waals surface area contributed by atoms with E-state index in [-0.39, 0.29) is 12.8 Å². The maximum Gasteiger partial charge on any atom is 0.408 e. The smallest absolute Gasteiger partial charge is 0.408 e. The van der Waals surface area contributed by atoms with E-state index in [4.69, 9.17) is 9.47 Å². The van der Waals surface area contributed by atoms with Crippen molar-refractivity contribution in [3.8, 4) is 0 Å². The number of carbonyl (C=O) groups excluding carboxylic acids is 1. The fourth-order valence-electron chi connectivity index (χ4n) is 2.32. The number of rotatable bonds is 3. The van der Waals surface area contributed by atoms with E-state index >= 15 is 0 Å². The lowest BCUT2D eigenvalue weighted by atomic mass is 9.79. The molecule has 0 spiro atoms. The first-order valence-electron chi connectivity index (χ1n) is 6.90. The molecule has 0 bridgehead atoms. The van der Waals surface area contributed by atoms with Gasteiger partial charge in [0.2, 0.25) is 0 Å². The standard InChI is InChI=1S/C14H25NO5/c1-6-13(5)9-14(10(16)17,7-8-19-13)15-11(18)20-12(2,3)4/h6-9H2,1-5H3,(H,15,18)(H,16,17). The molecule has 0 aromatic heterocycles. The molecule has 2 N–H and O–H groups in total. The second-order valence-electron chi connectivity index (χ2n) is 6.59. The summed E-state index contributed by atoms with van der Waals surface area (Å²) in [4.78, 5) is 23.6. The topological polar surface area (TPSA) is 84.9 Å². The van der Waals surface area contributed by atoms with Gasteiger partial charge in [-0.2, -0.15) is 0 Å². The number of carboxylic acids is 1. The van der Waals surface area contributed by atoms with Crippen LogP contribution in [0.3, 0.4) is 0 Å². The molecule has 1 saturated heterocycles. The fraction of sp³-hybridized carbons (Fsp3) is 0.857. The molecule has 1 aliphatic heterocycles. The molecule has 0 aromatic carbocycles. The van der Waals surface area contributed by atoms with Crippen LogP contribution in [0.1, 0.15) is 53.9 Å². The van der Waals surface area contributed by atoms with Gasteiger partial charge in [-0.1, -0.05) is 6.92 Å². The maximum atomic E-state index is 11.9. The number of amides is 1. The van der Waals surface area contributed by atoms with Crippen LogP contribution in [0.2, 0.25) is 0 Å². The summed E-state index contributed by atoms with van der Waals surface area (Å²) < 4.78 is 10.8. The summed E-state index contributed by atoms with van der Waals surface area (Å²) in [5, 5.41) is 12.1. The zero-order valence-electron chi connectivity index (χ0n) is 12.9. The van der Waals surface area contributed by atoms with Crippen LogP contribution >= 0.6 is 0 Å². The van der Waals surface area contributed by atoms with Gasteiger partial charge in [0, 0.05) is 12.8 Å². The third-order valence-electron chi connectivity index (χ3n) is 3.55. The van der Waals surface area contributed by atoms with E-state index in [9.17, 15) is 14.7 Å². The van der Waals surface area contributed by atoms with Gasteiger partial charge < -0.3 is 19.9 Å². The van der Waals surface area contributed by atoms with E-state index in [1.54, 1.807) is 20.8 Å². The lowest BCUT2D eigenvalue weighted by molar-refractivity contribution is -0.160. The number of hydrogen-bond acceptors (Lipinski definition) is 4. The first kappa shape index (κ1) is 16.8. The Balaban J connectivity index is 2.88. The Labute approximate surface area is 119 Å². The highest BCUT2D eigenvalue weighted by atomic mass is 16.6. The molecule has 0 saturated carbocycles.